The third-order valence-corrected chi connectivity index (χ3v) is 0. The van der Waals surface area contributed by atoms with Gasteiger partial charge >= 0.3 is 80.9 Å². The van der Waals surface area contributed by atoms with Crippen molar-refractivity contribution in [2.24, 2.45) is 5.34 Å². The van der Waals surface area contributed by atoms with Crippen LogP contribution in [0.5, 0.6) is 0 Å². The summed E-state index contributed by atoms with van der Waals surface area (Å²) in [6.07, 6.45) is -2.33. The van der Waals surface area contributed by atoms with E-state index in [4.69, 9.17) is 25.1 Å². The van der Waals surface area contributed by atoms with Crippen molar-refractivity contribution in [3.05, 3.63) is 4.91 Å². The number of nitrogens with zero attached hydrogens (tertiary/aromatic N) is 1. The van der Waals surface area contributed by atoms with E-state index in [1.165, 1.54) is 5.34 Å². The molecule has 0 heterocycles. The third-order valence-electron chi connectivity index (χ3n) is 0. The van der Waals surface area contributed by atoms with Gasteiger partial charge in [-0.1, -0.05) is 0 Å². The monoisotopic (exact) mass is 169 g/mol. The topological polar surface area (TPSA) is 113 Å². The standard InChI is InChI=1S/CH2O3.K.HNO2.Na/c2-1(3)4;;2-1-3;/h(H2,2,3,4);;(H,2,3);/q;+1;;+1/p-2. The summed E-state index contributed by atoms with van der Waals surface area (Å²) in [7, 11) is 0. The Hall–Kier alpha value is 1.31. The molecule has 0 aliphatic rings. The zero-order chi connectivity index (χ0) is 6.28. The van der Waals surface area contributed by atoms with Gasteiger partial charge in [-0.2, -0.15) is 0 Å². The molecule has 0 aromatic heterocycles. The van der Waals surface area contributed by atoms with Gasteiger partial charge in [0.15, 0.2) is 5.34 Å². The summed E-state index contributed by atoms with van der Waals surface area (Å²) in [5.41, 5.74) is 0. The molecule has 6 nitrogen and oxygen atoms in total. The Labute approximate surface area is 115 Å². The molecule has 0 aromatic rings. The van der Waals surface area contributed by atoms with Gasteiger partial charge in [-0.25, -0.2) is 0 Å². The van der Waals surface area contributed by atoms with Crippen LogP contribution >= 0.6 is 0 Å². The zero-order valence-corrected chi connectivity index (χ0v) is 10.2. The fraction of sp³-hybridized carbons (Fsp3) is 0. The van der Waals surface area contributed by atoms with Gasteiger partial charge in [0.2, 0.25) is 0 Å². The van der Waals surface area contributed by atoms with Crippen LogP contribution in [0.3, 0.4) is 0 Å². The Balaban J connectivity index is -0.0000000233. The Morgan fingerprint density at radius 2 is 1.44 bits per heavy atom. The summed E-state index contributed by atoms with van der Waals surface area (Å²) in [6, 6.07) is 0. The second-order valence-corrected chi connectivity index (χ2v) is 0.332. The molecule has 0 unspecified atom stereocenters. The molecular weight excluding hydrogens is 168 g/mol. The van der Waals surface area contributed by atoms with Crippen LogP contribution in [-0.2, 0) is 0 Å². The van der Waals surface area contributed by atoms with Crippen LogP contribution in [0.2, 0.25) is 0 Å². The van der Waals surface area contributed by atoms with E-state index < -0.39 is 6.16 Å². The number of carboxylic acid groups (broad SMARTS) is 2. The van der Waals surface area contributed by atoms with E-state index >= 15 is 0 Å². The Morgan fingerprint density at radius 3 is 1.44 bits per heavy atom. The average Bonchev–Trinajstić information content (AvgIpc) is 1.33. The Kier molecular flexibility index (Phi) is 56.9. The molecule has 0 aliphatic heterocycles. The van der Waals surface area contributed by atoms with Crippen LogP contribution in [-0.4, -0.2) is 11.4 Å². The first-order valence-electron chi connectivity index (χ1n) is 0.995. The minimum atomic E-state index is -2.33. The first-order valence-corrected chi connectivity index (χ1v) is 0.995. The molecule has 0 aromatic carbocycles. The largest absolute Gasteiger partial charge is 1.00 e. The van der Waals surface area contributed by atoms with Crippen molar-refractivity contribution >= 4 is 6.16 Å². The smallest absolute Gasteiger partial charge is 0.652 e. The van der Waals surface area contributed by atoms with Crippen LogP contribution < -0.4 is 91.2 Å². The summed E-state index contributed by atoms with van der Waals surface area (Å²) >= 11 is 0. The number of carbonyl (C=O) groups excluding carboxylic acids is 1. The number of rotatable bonds is 0. The first-order chi connectivity index (χ1) is 3.15. The summed E-state index contributed by atoms with van der Waals surface area (Å²) in [5.74, 6) is 0. The second-order valence-electron chi connectivity index (χ2n) is 0.332. The third kappa shape index (κ3) is 291. The van der Waals surface area contributed by atoms with Crippen LogP contribution in [0.15, 0.2) is 5.34 Å². The van der Waals surface area contributed by atoms with Gasteiger partial charge in [-0.05, 0) is 6.16 Å². The van der Waals surface area contributed by atoms with Crippen molar-refractivity contribution in [2.75, 3.05) is 0 Å². The fourth-order valence-electron chi connectivity index (χ4n) is 0. The maximum Gasteiger partial charge on any atom is 1.00 e. The van der Waals surface area contributed by atoms with Gasteiger partial charge in [0.25, 0.3) is 0 Å². The van der Waals surface area contributed by atoms with E-state index in [-0.39, 0.29) is 80.9 Å². The molecule has 1 N–H and O–H groups in total. The van der Waals surface area contributed by atoms with Gasteiger partial charge in [-0.3, -0.25) is 0 Å². The van der Waals surface area contributed by atoms with Gasteiger partial charge in [0, 0.05) is 0 Å². The second kappa shape index (κ2) is 22.8. The number of hydrogen-bond donors (Lipinski definition) is 1. The first kappa shape index (κ1) is 22.4. The summed E-state index contributed by atoms with van der Waals surface area (Å²) in [4.78, 5) is 16.4. The number of hydrogen-bond acceptors (Lipinski definition) is 5. The van der Waals surface area contributed by atoms with Gasteiger partial charge in [0.1, 0.15) is 0 Å². The van der Waals surface area contributed by atoms with Crippen molar-refractivity contribution in [2.45, 2.75) is 0 Å². The molecule has 9 heavy (non-hydrogen) atoms. The molecular formula is CHKNNaO5. The van der Waals surface area contributed by atoms with E-state index in [0.29, 0.717) is 0 Å². The van der Waals surface area contributed by atoms with Gasteiger partial charge in [-0.15, -0.1) is 4.91 Å². The molecule has 0 rings (SSSR count). The normalized spacial score (nSPS) is 4.00. The van der Waals surface area contributed by atoms with E-state index in [1.54, 1.807) is 0 Å². The van der Waals surface area contributed by atoms with E-state index in [2.05, 4.69) is 0 Å². The maximum atomic E-state index is 8.33. The van der Waals surface area contributed by atoms with Crippen LogP contribution in [0.4, 0.5) is 4.79 Å². The summed E-state index contributed by atoms with van der Waals surface area (Å²) in [6.45, 7) is 0. The van der Waals surface area contributed by atoms with Gasteiger partial charge < -0.3 is 20.2 Å². The molecule has 0 saturated carbocycles. The predicted octanol–water partition coefficient (Wildman–Crippen LogP) is -8.30. The minimum absolute atomic E-state index is 0. The Morgan fingerprint density at radius 1 is 1.44 bits per heavy atom. The SMILES string of the molecule is O=C([O-])[O-].O=NO.[K+].[Na+]. The molecule has 42 valence electrons. The summed E-state index contributed by atoms with van der Waals surface area (Å²) < 4.78 is 0. The van der Waals surface area contributed by atoms with E-state index in [0.717, 1.165) is 0 Å². The van der Waals surface area contributed by atoms with Crippen molar-refractivity contribution in [3.63, 3.8) is 0 Å². The van der Waals surface area contributed by atoms with E-state index in [1.807, 2.05) is 0 Å². The molecule has 0 fully saturated rings. The molecule has 8 heteroatoms. The Bertz CT molecular complexity index is 64.0. The molecule has 0 amide bonds. The fourth-order valence-corrected chi connectivity index (χ4v) is 0. The molecule has 0 saturated heterocycles. The quantitative estimate of drug-likeness (QED) is 0.220. The molecule has 0 atom stereocenters. The van der Waals surface area contributed by atoms with E-state index in [9.17, 15) is 0 Å². The van der Waals surface area contributed by atoms with Crippen molar-refractivity contribution in [1.82, 2.24) is 0 Å². The van der Waals surface area contributed by atoms with Crippen molar-refractivity contribution in [3.8, 4) is 0 Å². The molecule has 0 spiro atoms. The van der Waals surface area contributed by atoms with Crippen LogP contribution in [0, 0.1) is 4.91 Å². The number of carbonyl (C=O) groups is 1. The zero-order valence-electron chi connectivity index (χ0n) is 5.03. The molecule has 0 aliphatic carbocycles. The summed E-state index contributed by atoms with van der Waals surface area (Å²) in [5, 5.41) is 24.6. The van der Waals surface area contributed by atoms with Crippen molar-refractivity contribution in [1.29, 1.82) is 0 Å². The van der Waals surface area contributed by atoms with Gasteiger partial charge in [0.05, 0.1) is 0 Å². The maximum absolute atomic E-state index is 8.33. The van der Waals surface area contributed by atoms with Crippen molar-refractivity contribution < 1.29 is 101 Å². The molecule has 0 radical (unpaired) electrons. The molecule has 0 bridgehead atoms. The predicted molar refractivity (Wildman–Crippen MR) is 13.0 cm³/mol. The average molecular weight is 169 g/mol. The van der Waals surface area contributed by atoms with Crippen LogP contribution in [0.25, 0.3) is 0 Å². The van der Waals surface area contributed by atoms with Crippen LogP contribution in [0.1, 0.15) is 0 Å². The minimum Gasteiger partial charge on any atom is -0.652 e.